The van der Waals surface area contributed by atoms with Crippen molar-refractivity contribution in [2.45, 2.75) is 315 Å². The highest BCUT2D eigenvalue weighted by Gasteiger charge is 2.40. The van der Waals surface area contributed by atoms with Crippen molar-refractivity contribution < 1.29 is 135 Å². The molecule has 0 heterocycles. The summed E-state index contributed by atoms with van der Waals surface area (Å²) in [5, 5.41) is 75.4. The molecule has 0 bridgehead atoms. The number of benzene rings is 1. The molecule has 0 saturated heterocycles. The average molecular weight is 1870 g/mol. The number of carbonyl (C=O) groups is 23. The highest BCUT2D eigenvalue weighted by Crippen LogP contribution is 2.18. The van der Waals surface area contributed by atoms with Crippen molar-refractivity contribution in [1.82, 2.24) is 79.8 Å². The summed E-state index contributed by atoms with van der Waals surface area (Å²) in [4.78, 5) is 308. The highest BCUT2D eigenvalue weighted by atomic mass is 16.5. The standard InChI is InChI=1S/C84H136N20O28/c1-40(2)34-57(70(89)117)100-78(125)56(25-33-69(115)116)97-75(122)50(19-27-63(86)106)99-82(129)59(36-42(5)6)104-84(131)61(38-44(9)10)102-80(127)52(21-29-65(88)108)95-77(124)55(24-32-68(113)114)93-72(119)46(12)91-73(120)53(22-30-66(109)110)96-74(121)49(18-26-62(85)105)98-81(128)58(35-41(3)4)103-83(130)60(37-43(7)8)101-79(126)51(20-28-64(87)107)94-76(123)54(23-31-67(111)112)92-71(118)45(11)90-39-47-14-16-48(132-13)17-15-47/h14-17,40-46,49-61,90H,18-39H2,1-13H3,(H2,85,105)(H2,86,106)(H2,87,107)(H2,88,108)(H2,89,117)(H,91,120)(H,92,118)(H,93,119)(H,94,123)(H,95,124)(H,96,121)(H,97,122)(H,98,128)(H,99,129)(H,100,125)(H,101,126)(H,102,127)(H,103,130)(H,104,131)(H,109,110)(H,111,112)(H,113,114)(H,115,116)/t45-,46-,49-,50-,51-,52-,53-,54-,55-,56-,57-,58-,59-,60-,61-/m0/s1. The maximum Gasteiger partial charge on any atom is 0.303 e. The fourth-order valence-electron chi connectivity index (χ4n) is 13.0. The monoisotopic (exact) mass is 1870 g/mol. The van der Waals surface area contributed by atoms with Gasteiger partial charge in [0, 0.05) is 57.9 Å². The van der Waals surface area contributed by atoms with Crippen molar-refractivity contribution in [2.75, 3.05) is 7.11 Å². The quantitative estimate of drug-likeness (QED) is 0.0291. The molecule has 48 heteroatoms. The number of ether oxygens (including phenoxy) is 1. The first-order valence-electron chi connectivity index (χ1n) is 43.4. The van der Waals surface area contributed by atoms with Gasteiger partial charge in [0.15, 0.2) is 0 Å². The summed E-state index contributed by atoms with van der Waals surface area (Å²) in [5.41, 5.74) is 28.1. The van der Waals surface area contributed by atoms with Crippen LogP contribution in [0.25, 0.3) is 0 Å². The van der Waals surface area contributed by atoms with Gasteiger partial charge in [0.2, 0.25) is 112 Å². The van der Waals surface area contributed by atoms with Crippen molar-refractivity contribution in [2.24, 2.45) is 58.3 Å². The molecule has 0 radical (unpaired) electrons. The lowest BCUT2D eigenvalue weighted by Crippen LogP contribution is -2.61. The maximum atomic E-state index is 14.5. The smallest absolute Gasteiger partial charge is 0.303 e. The summed E-state index contributed by atoms with van der Waals surface area (Å²) < 4.78 is 5.18. The zero-order chi connectivity index (χ0) is 101. The van der Waals surface area contributed by atoms with Gasteiger partial charge in [-0.1, -0.05) is 81.4 Å². The minimum Gasteiger partial charge on any atom is -0.497 e. The minimum absolute atomic E-state index is 0.0569. The molecular weight excluding hydrogens is 1740 g/mol. The third-order valence-corrected chi connectivity index (χ3v) is 20.0. The number of methoxy groups -OCH3 is 1. The van der Waals surface area contributed by atoms with Crippen LogP contribution >= 0.6 is 0 Å². The number of aliphatic carboxylic acids is 4. The molecule has 0 fully saturated rings. The predicted octanol–water partition coefficient (Wildman–Crippen LogP) is -4.78. The van der Waals surface area contributed by atoms with Crippen molar-refractivity contribution in [1.29, 1.82) is 0 Å². The molecule has 19 amide bonds. The molecule has 29 N–H and O–H groups in total. The average Bonchev–Trinajstić information content (AvgIpc) is 0.861. The molecule has 0 saturated carbocycles. The number of carbonyl (C=O) groups excluding carboxylic acids is 19. The van der Waals surface area contributed by atoms with E-state index in [0.29, 0.717) is 5.75 Å². The number of amides is 19. The summed E-state index contributed by atoms with van der Waals surface area (Å²) in [6, 6.07) is -17.6. The number of hydrogen-bond acceptors (Lipinski definition) is 25. The summed E-state index contributed by atoms with van der Waals surface area (Å²) >= 11 is 0. The lowest BCUT2D eigenvalue weighted by Gasteiger charge is -2.29. The molecule has 1 aromatic carbocycles. The highest BCUT2D eigenvalue weighted by molar-refractivity contribution is 6.01. The largest absolute Gasteiger partial charge is 0.497 e. The van der Waals surface area contributed by atoms with Crippen LogP contribution in [-0.4, -0.2) is 254 Å². The van der Waals surface area contributed by atoms with Crippen LogP contribution in [0.1, 0.15) is 223 Å². The molecule has 15 atom stereocenters. The van der Waals surface area contributed by atoms with Crippen molar-refractivity contribution in [3.05, 3.63) is 29.8 Å². The Labute approximate surface area is 764 Å². The zero-order valence-corrected chi connectivity index (χ0v) is 76.9. The van der Waals surface area contributed by atoms with E-state index in [-0.39, 0.29) is 44.6 Å². The van der Waals surface area contributed by atoms with E-state index in [1.165, 1.54) is 14.0 Å². The fourth-order valence-corrected chi connectivity index (χ4v) is 13.0. The van der Waals surface area contributed by atoms with Crippen LogP contribution in [0.2, 0.25) is 0 Å². The van der Waals surface area contributed by atoms with Gasteiger partial charge in [-0.05, 0) is 145 Å². The third kappa shape index (κ3) is 48.4. The topological polar surface area (TPSA) is 793 Å². The number of carboxylic acid groups (broad SMARTS) is 4. The Kier molecular flexibility index (Phi) is 53.0. The Balaban J connectivity index is 3.73. The molecule has 740 valence electrons. The number of nitrogens with one attached hydrogen (secondary N) is 15. The Morgan fingerprint density at radius 1 is 0.250 bits per heavy atom. The van der Waals surface area contributed by atoms with E-state index in [4.69, 9.17) is 33.4 Å². The first-order valence-corrected chi connectivity index (χ1v) is 43.4. The van der Waals surface area contributed by atoms with Gasteiger partial charge in [0.05, 0.1) is 13.2 Å². The van der Waals surface area contributed by atoms with E-state index in [1.54, 1.807) is 93.5 Å². The van der Waals surface area contributed by atoms with Crippen LogP contribution in [0.3, 0.4) is 0 Å². The van der Waals surface area contributed by atoms with Gasteiger partial charge in [0.1, 0.15) is 90.3 Å². The van der Waals surface area contributed by atoms with Crippen LogP contribution in [-0.2, 0) is 117 Å². The summed E-state index contributed by atoms with van der Waals surface area (Å²) in [5.74, 6) is -27.5. The van der Waals surface area contributed by atoms with Gasteiger partial charge in [0.25, 0.3) is 0 Å². The first-order chi connectivity index (χ1) is 61.5. The Morgan fingerprint density at radius 2 is 0.432 bits per heavy atom. The molecule has 0 aliphatic rings. The SMILES string of the molecule is COc1ccc(CN[C@@H](C)C(=O)N[C@@H](CCC(=O)O)C(=O)N[C@@H](CCC(N)=O)C(=O)N[C@@H](CC(C)C)C(=O)N[C@@H](CC(C)C)C(=O)N[C@@H](CCC(N)=O)C(=O)N[C@@H](CCC(=O)O)C(=O)N[C@@H](C)C(=O)N[C@@H](CCC(=O)O)C(=O)N[C@@H](CCC(N)=O)C(=O)N[C@@H](CC(C)C)C(=O)N[C@@H](CC(C)C)C(=O)N[C@@H](CCC(N)=O)C(=O)N[C@@H](CCC(=O)O)C(=O)N[C@@H](CC(C)C)C(N)=O)cc1. The second-order valence-electron chi connectivity index (χ2n) is 34.3. The van der Waals surface area contributed by atoms with Crippen molar-refractivity contribution in [3.8, 4) is 5.75 Å². The normalized spacial score (nSPS) is 14.6. The van der Waals surface area contributed by atoms with E-state index >= 15 is 0 Å². The van der Waals surface area contributed by atoms with E-state index < -0.39 is 353 Å². The van der Waals surface area contributed by atoms with Crippen LogP contribution in [0.15, 0.2) is 24.3 Å². The molecule has 0 aromatic heterocycles. The van der Waals surface area contributed by atoms with Gasteiger partial charge in [-0.3, -0.25) is 110 Å². The van der Waals surface area contributed by atoms with Crippen LogP contribution in [0.4, 0.5) is 0 Å². The van der Waals surface area contributed by atoms with Crippen LogP contribution in [0.5, 0.6) is 5.75 Å². The lowest BCUT2D eigenvalue weighted by molar-refractivity contribution is -0.139. The molecular formula is C84H136N20O28. The van der Waals surface area contributed by atoms with E-state index in [2.05, 4.69) is 79.8 Å². The molecule has 1 rings (SSSR count). The van der Waals surface area contributed by atoms with Gasteiger partial charge < -0.3 is 134 Å². The number of rotatable bonds is 67. The summed E-state index contributed by atoms with van der Waals surface area (Å²) in [6.45, 7) is 19.3. The van der Waals surface area contributed by atoms with Crippen LogP contribution < -0.4 is 113 Å². The van der Waals surface area contributed by atoms with Crippen molar-refractivity contribution in [3.63, 3.8) is 0 Å². The molecule has 0 spiro atoms. The third-order valence-electron chi connectivity index (χ3n) is 20.0. The van der Waals surface area contributed by atoms with Crippen molar-refractivity contribution >= 4 is 136 Å². The number of nitrogens with two attached hydrogens (primary N) is 5. The zero-order valence-electron chi connectivity index (χ0n) is 76.9. The first kappa shape index (κ1) is 117. The predicted molar refractivity (Wildman–Crippen MR) is 470 cm³/mol. The Morgan fingerprint density at radius 3 is 0.636 bits per heavy atom. The summed E-state index contributed by atoms with van der Waals surface area (Å²) in [7, 11) is 1.49. The maximum absolute atomic E-state index is 14.5. The van der Waals surface area contributed by atoms with Gasteiger partial charge in [-0.15, -0.1) is 0 Å². The van der Waals surface area contributed by atoms with Gasteiger partial charge in [-0.25, -0.2) is 0 Å². The van der Waals surface area contributed by atoms with Gasteiger partial charge in [-0.2, -0.15) is 0 Å². The van der Waals surface area contributed by atoms with E-state index in [1.807, 2.05) is 0 Å². The van der Waals surface area contributed by atoms with E-state index in [9.17, 15) is 131 Å². The number of hydrogen-bond donors (Lipinski definition) is 24. The molecule has 0 unspecified atom stereocenters. The molecule has 0 aliphatic heterocycles. The Hall–Kier alpha value is -13.2. The molecule has 132 heavy (non-hydrogen) atoms. The molecule has 1 aromatic rings. The van der Waals surface area contributed by atoms with Crippen LogP contribution in [0, 0.1) is 29.6 Å². The lowest BCUT2D eigenvalue weighted by atomic mass is 9.99. The van der Waals surface area contributed by atoms with Gasteiger partial charge >= 0.3 is 23.9 Å². The molecule has 0 aliphatic carbocycles. The summed E-state index contributed by atoms with van der Waals surface area (Å²) in [6.07, 6.45) is -10.8. The molecule has 48 nitrogen and oxygen atoms in total. The number of primary amides is 5. The van der Waals surface area contributed by atoms with E-state index in [0.717, 1.165) is 12.5 Å². The fraction of sp³-hybridized carbons (Fsp3) is 0.655. The minimum atomic E-state index is -1.93. The Bertz CT molecular complexity index is 4150. The number of carboxylic acids is 4. The second kappa shape index (κ2) is 59.9. The second-order valence-corrected chi connectivity index (χ2v) is 34.3.